The Morgan fingerprint density at radius 2 is 1.67 bits per heavy atom. The molecule has 2 amide bonds. The fourth-order valence-electron chi connectivity index (χ4n) is 3.03. The highest BCUT2D eigenvalue weighted by molar-refractivity contribution is 5.96. The second-order valence-corrected chi connectivity index (χ2v) is 6.45. The molecular formula is C20H21F2N3O2. The van der Waals surface area contributed by atoms with Crippen molar-refractivity contribution in [2.45, 2.75) is 6.54 Å². The minimum atomic E-state index is -0.950. The Balaban J connectivity index is 1.45. The summed E-state index contributed by atoms with van der Waals surface area (Å²) in [7, 11) is 0. The molecule has 0 saturated carbocycles. The monoisotopic (exact) mass is 373 g/mol. The number of nitrogens with one attached hydrogen (secondary N) is 1. The van der Waals surface area contributed by atoms with E-state index in [1.165, 1.54) is 5.56 Å². The second kappa shape index (κ2) is 8.73. The number of rotatable bonds is 5. The highest BCUT2D eigenvalue weighted by atomic mass is 19.1. The average molecular weight is 373 g/mol. The van der Waals surface area contributed by atoms with E-state index in [-0.39, 0.29) is 18.0 Å². The predicted octanol–water partition coefficient (Wildman–Crippen LogP) is 2.04. The standard InChI is InChI=1S/C20H21F2N3O2/c21-16-6-7-17(18(22)12-16)20(27)23-13-19(26)25-10-8-24(9-11-25)14-15-4-2-1-3-5-15/h1-7,12H,8-11,13-14H2,(H,23,27). The highest BCUT2D eigenvalue weighted by Crippen LogP contribution is 2.10. The molecule has 27 heavy (non-hydrogen) atoms. The lowest BCUT2D eigenvalue weighted by Gasteiger charge is -2.34. The van der Waals surface area contributed by atoms with Crippen molar-refractivity contribution in [3.05, 3.63) is 71.3 Å². The number of piperazine rings is 1. The molecule has 0 bridgehead atoms. The Labute approximate surface area is 156 Å². The highest BCUT2D eigenvalue weighted by Gasteiger charge is 2.22. The van der Waals surface area contributed by atoms with Crippen LogP contribution < -0.4 is 5.32 Å². The van der Waals surface area contributed by atoms with Crippen LogP contribution in [0.5, 0.6) is 0 Å². The summed E-state index contributed by atoms with van der Waals surface area (Å²) in [6.07, 6.45) is 0. The molecule has 0 unspecified atom stereocenters. The van der Waals surface area contributed by atoms with Crippen LogP contribution in [0.1, 0.15) is 15.9 Å². The van der Waals surface area contributed by atoms with E-state index in [0.717, 1.165) is 31.8 Å². The molecule has 0 atom stereocenters. The second-order valence-electron chi connectivity index (χ2n) is 6.45. The smallest absolute Gasteiger partial charge is 0.254 e. The molecule has 5 nitrogen and oxygen atoms in total. The van der Waals surface area contributed by atoms with Gasteiger partial charge in [-0.2, -0.15) is 0 Å². The van der Waals surface area contributed by atoms with E-state index in [1.807, 2.05) is 18.2 Å². The summed E-state index contributed by atoms with van der Waals surface area (Å²) in [6, 6.07) is 12.8. The van der Waals surface area contributed by atoms with Crippen molar-refractivity contribution in [1.82, 2.24) is 15.1 Å². The summed E-state index contributed by atoms with van der Waals surface area (Å²) < 4.78 is 26.5. The topological polar surface area (TPSA) is 52.7 Å². The van der Waals surface area contributed by atoms with E-state index < -0.39 is 17.5 Å². The average Bonchev–Trinajstić information content (AvgIpc) is 2.67. The van der Waals surface area contributed by atoms with Gasteiger partial charge in [0.15, 0.2) is 0 Å². The van der Waals surface area contributed by atoms with Crippen molar-refractivity contribution in [3.63, 3.8) is 0 Å². The SMILES string of the molecule is O=C(NCC(=O)N1CCN(Cc2ccccc2)CC1)c1ccc(F)cc1F. The van der Waals surface area contributed by atoms with Crippen molar-refractivity contribution >= 4 is 11.8 Å². The first-order valence-corrected chi connectivity index (χ1v) is 8.80. The maximum atomic E-state index is 13.6. The van der Waals surface area contributed by atoms with Gasteiger partial charge in [0.1, 0.15) is 11.6 Å². The zero-order chi connectivity index (χ0) is 19.2. The fourth-order valence-corrected chi connectivity index (χ4v) is 3.03. The van der Waals surface area contributed by atoms with Crippen molar-refractivity contribution in [2.24, 2.45) is 0 Å². The van der Waals surface area contributed by atoms with E-state index in [4.69, 9.17) is 0 Å². The Kier molecular flexibility index (Phi) is 6.13. The maximum Gasteiger partial charge on any atom is 0.254 e. The quantitative estimate of drug-likeness (QED) is 0.873. The van der Waals surface area contributed by atoms with Crippen LogP contribution in [0.4, 0.5) is 8.78 Å². The summed E-state index contributed by atoms with van der Waals surface area (Å²) in [5.74, 6) is -2.66. The van der Waals surface area contributed by atoms with Crippen LogP contribution in [0.2, 0.25) is 0 Å². The number of hydrogen-bond donors (Lipinski definition) is 1. The molecule has 0 radical (unpaired) electrons. The minimum Gasteiger partial charge on any atom is -0.343 e. The van der Waals surface area contributed by atoms with Gasteiger partial charge in [-0.3, -0.25) is 14.5 Å². The van der Waals surface area contributed by atoms with Gasteiger partial charge in [0.2, 0.25) is 5.91 Å². The number of amides is 2. The normalized spacial score (nSPS) is 14.8. The molecule has 1 fully saturated rings. The molecule has 3 rings (SSSR count). The number of carbonyl (C=O) groups excluding carboxylic acids is 2. The molecule has 2 aromatic carbocycles. The molecule has 2 aromatic rings. The zero-order valence-electron chi connectivity index (χ0n) is 14.8. The Hall–Kier alpha value is -2.80. The van der Waals surface area contributed by atoms with Crippen LogP contribution in [0.15, 0.2) is 48.5 Å². The van der Waals surface area contributed by atoms with E-state index in [0.29, 0.717) is 19.2 Å². The minimum absolute atomic E-state index is 0.214. The van der Waals surface area contributed by atoms with Crippen molar-refractivity contribution in [3.8, 4) is 0 Å². The van der Waals surface area contributed by atoms with Gasteiger partial charge in [-0.15, -0.1) is 0 Å². The first-order valence-electron chi connectivity index (χ1n) is 8.80. The van der Waals surface area contributed by atoms with Crippen LogP contribution in [-0.4, -0.2) is 54.3 Å². The molecule has 1 aliphatic heterocycles. The van der Waals surface area contributed by atoms with Gasteiger partial charge in [-0.05, 0) is 17.7 Å². The van der Waals surface area contributed by atoms with E-state index >= 15 is 0 Å². The first kappa shape index (κ1) is 19.0. The van der Waals surface area contributed by atoms with E-state index in [1.54, 1.807) is 4.90 Å². The number of hydrogen-bond acceptors (Lipinski definition) is 3. The summed E-state index contributed by atoms with van der Waals surface area (Å²) in [4.78, 5) is 28.2. The van der Waals surface area contributed by atoms with Crippen LogP contribution in [-0.2, 0) is 11.3 Å². The predicted molar refractivity (Wildman–Crippen MR) is 97.0 cm³/mol. The third kappa shape index (κ3) is 5.10. The van der Waals surface area contributed by atoms with Crippen molar-refractivity contribution in [2.75, 3.05) is 32.7 Å². The maximum absolute atomic E-state index is 13.6. The summed E-state index contributed by atoms with van der Waals surface area (Å²) in [6.45, 7) is 3.28. The first-order chi connectivity index (χ1) is 13.0. The largest absolute Gasteiger partial charge is 0.343 e. The molecule has 0 aromatic heterocycles. The lowest BCUT2D eigenvalue weighted by atomic mass is 10.2. The van der Waals surface area contributed by atoms with Gasteiger partial charge in [-0.25, -0.2) is 8.78 Å². The Bertz CT molecular complexity index is 806. The number of halogens is 2. The molecule has 142 valence electrons. The zero-order valence-corrected chi connectivity index (χ0v) is 14.8. The van der Waals surface area contributed by atoms with Gasteiger partial charge in [0, 0.05) is 38.8 Å². The molecule has 1 N–H and O–H groups in total. The van der Waals surface area contributed by atoms with Crippen molar-refractivity contribution in [1.29, 1.82) is 0 Å². The Morgan fingerprint density at radius 1 is 0.963 bits per heavy atom. The van der Waals surface area contributed by atoms with Crippen LogP contribution in [0.3, 0.4) is 0 Å². The molecule has 1 saturated heterocycles. The van der Waals surface area contributed by atoms with Crippen molar-refractivity contribution < 1.29 is 18.4 Å². The molecule has 1 heterocycles. The number of carbonyl (C=O) groups is 2. The molecule has 7 heteroatoms. The lowest BCUT2D eigenvalue weighted by Crippen LogP contribution is -2.50. The molecular weight excluding hydrogens is 352 g/mol. The van der Waals surface area contributed by atoms with Crippen LogP contribution >= 0.6 is 0 Å². The van der Waals surface area contributed by atoms with E-state index in [9.17, 15) is 18.4 Å². The van der Waals surface area contributed by atoms with Crippen LogP contribution in [0, 0.1) is 11.6 Å². The van der Waals surface area contributed by atoms with E-state index in [2.05, 4.69) is 22.3 Å². The molecule has 1 aliphatic rings. The van der Waals surface area contributed by atoms with Gasteiger partial charge < -0.3 is 10.2 Å². The van der Waals surface area contributed by atoms with Crippen LogP contribution in [0.25, 0.3) is 0 Å². The third-order valence-electron chi connectivity index (χ3n) is 4.55. The number of benzene rings is 2. The van der Waals surface area contributed by atoms with Gasteiger partial charge in [0.05, 0.1) is 12.1 Å². The Morgan fingerprint density at radius 3 is 2.33 bits per heavy atom. The lowest BCUT2D eigenvalue weighted by molar-refractivity contribution is -0.131. The summed E-state index contributed by atoms with van der Waals surface area (Å²) >= 11 is 0. The summed E-state index contributed by atoms with van der Waals surface area (Å²) in [5.41, 5.74) is 0.947. The molecule has 0 aliphatic carbocycles. The summed E-state index contributed by atoms with van der Waals surface area (Å²) in [5, 5.41) is 2.40. The molecule has 0 spiro atoms. The number of nitrogens with zero attached hydrogens (tertiary/aromatic N) is 2. The van der Waals surface area contributed by atoms with Gasteiger partial charge >= 0.3 is 0 Å². The third-order valence-corrected chi connectivity index (χ3v) is 4.55. The van der Waals surface area contributed by atoms with Gasteiger partial charge in [0.25, 0.3) is 5.91 Å². The fraction of sp³-hybridized carbons (Fsp3) is 0.300. The van der Waals surface area contributed by atoms with Gasteiger partial charge in [-0.1, -0.05) is 30.3 Å².